The van der Waals surface area contributed by atoms with Crippen LogP contribution in [0.15, 0.2) is 66.0 Å². The maximum atomic E-state index is 6.05. The van der Waals surface area contributed by atoms with Gasteiger partial charge in [0.1, 0.15) is 12.4 Å². The number of hydrogen-bond acceptors (Lipinski definition) is 6. The van der Waals surface area contributed by atoms with E-state index >= 15 is 0 Å². The monoisotopic (exact) mass is 330 g/mol. The molecule has 6 heteroatoms. The normalized spacial score (nSPS) is 20.2. The summed E-state index contributed by atoms with van der Waals surface area (Å²) >= 11 is 0. The number of ether oxygens (including phenoxy) is 2. The fourth-order valence-corrected chi connectivity index (χ4v) is 3.40. The molecule has 4 heterocycles. The molecular formula is C19H14N4O2. The van der Waals surface area contributed by atoms with Gasteiger partial charge in [0.05, 0.1) is 11.9 Å². The zero-order chi connectivity index (χ0) is 16.9. The first-order valence-electron chi connectivity index (χ1n) is 7.93. The summed E-state index contributed by atoms with van der Waals surface area (Å²) < 4.78 is 11.6. The fraction of sp³-hybridized carbons (Fsp3) is 0.105. The van der Waals surface area contributed by atoms with Gasteiger partial charge >= 0.3 is 0 Å². The van der Waals surface area contributed by atoms with Gasteiger partial charge in [0.15, 0.2) is 11.3 Å². The Kier molecular flexibility index (Phi) is 2.82. The maximum absolute atomic E-state index is 6.05. The second-order valence-corrected chi connectivity index (χ2v) is 6.00. The molecule has 1 unspecified atom stereocenters. The van der Waals surface area contributed by atoms with E-state index in [0.29, 0.717) is 12.4 Å². The molecule has 3 aromatic rings. The third kappa shape index (κ3) is 2.00. The number of aromatic nitrogens is 2. The van der Waals surface area contributed by atoms with Gasteiger partial charge < -0.3 is 15.2 Å². The number of nitrogens with two attached hydrogens (primary N) is 1. The molecule has 0 bridgehead atoms. The molecule has 1 aromatic carbocycles. The molecule has 0 saturated heterocycles. The first-order chi connectivity index (χ1) is 12.3. The summed E-state index contributed by atoms with van der Waals surface area (Å²) in [5.41, 5.74) is 8.79. The Morgan fingerprint density at radius 1 is 1.00 bits per heavy atom. The molecule has 2 aliphatic rings. The lowest BCUT2D eigenvalue weighted by atomic mass is 9.81. The van der Waals surface area contributed by atoms with Crippen LogP contribution in [0.2, 0.25) is 0 Å². The standard InChI is InChI=1S/C19H14N4O2/c20-18-23-19(11-24-18)13-3-1-2-4-16(13)25-17-10-22-15(9-14(17)19)12-5-7-21-8-6-12/h1-10H,11H2,(H2,20,23). The van der Waals surface area contributed by atoms with E-state index in [4.69, 9.17) is 15.2 Å². The van der Waals surface area contributed by atoms with Crippen LogP contribution >= 0.6 is 0 Å². The molecule has 0 saturated carbocycles. The zero-order valence-corrected chi connectivity index (χ0v) is 13.2. The van der Waals surface area contributed by atoms with Crippen LogP contribution in [-0.2, 0) is 10.3 Å². The van der Waals surface area contributed by atoms with E-state index in [-0.39, 0.29) is 6.02 Å². The van der Waals surface area contributed by atoms with Crippen LogP contribution in [0.4, 0.5) is 0 Å². The molecule has 0 radical (unpaired) electrons. The van der Waals surface area contributed by atoms with Gasteiger partial charge in [-0.25, -0.2) is 4.99 Å². The Morgan fingerprint density at radius 2 is 1.84 bits per heavy atom. The van der Waals surface area contributed by atoms with Crippen molar-refractivity contribution in [3.05, 3.63) is 72.2 Å². The molecular weight excluding hydrogens is 316 g/mol. The van der Waals surface area contributed by atoms with Crippen molar-refractivity contribution >= 4 is 6.02 Å². The molecule has 0 aliphatic carbocycles. The number of amidine groups is 1. The lowest BCUT2D eigenvalue weighted by Crippen LogP contribution is -2.31. The highest BCUT2D eigenvalue weighted by atomic mass is 16.5. The SMILES string of the molecule is NC1=NC2(CO1)c1ccccc1Oc1cnc(-c3ccncc3)cc12. The van der Waals surface area contributed by atoms with Crippen LogP contribution in [0.5, 0.6) is 11.5 Å². The number of hydrogen-bond donors (Lipinski definition) is 1. The third-order valence-electron chi connectivity index (χ3n) is 4.57. The minimum Gasteiger partial charge on any atom is -0.462 e. The highest BCUT2D eigenvalue weighted by molar-refractivity contribution is 5.77. The van der Waals surface area contributed by atoms with Crippen LogP contribution in [0, 0.1) is 0 Å². The number of benzene rings is 1. The third-order valence-corrected chi connectivity index (χ3v) is 4.57. The van der Waals surface area contributed by atoms with E-state index in [1.165, 1.54) is 0 Å². The number of para-hydroxylation sites is 1. The van der Waals surface area contributed by atoms with Crippen molar-refractivity contribution in [2.45, 2.75) is 5.54 Å². The van der Waals surface area contributed by atoms with Crippen molar-refractivity contribution in [2.24, 2.45) is 10.7 Å². The maximum Gasteiger partial charge on any atom is 0.283 e. The van der Waals surface area contributed by atoms with Crippen molar-refractivity contribution in [2.75, 3.05) is 6.61 Å². The van der Waals surface area contributed by atoms with Gasteiger partial charge in [-0.1, -0.05) is 18.2 Å². The van der Waals surface area contributed by atoms with E-state index < -0.39 is 5.54 Å². The van der Waals surface area contributed by atoms with Crippen LogP contribution in [0.3, 0.4) is 0 Å². The van der Waals surface area contributed by atoms with Crippen molar-refractivity contribution < 1.29 is 9.47 Å². The molecule has 1 spiro atoms. The number of fused-ring (bicyclic) bond motifs is 4. The first kappa shape index (κ1) is 14.0. The van der Waals surface area contributed by atoms with Crippen molar-refractivity contribution in [3.8, 4) is 22.8 Å². The van der Waals surface area contributed by atoms with Crippen molar-refractivity contribution in [1.82, 2.24) is 9.97 Å². The van der Waals surface area contributed by atoms with Gasteiger partial charge in [-0.05, 0) is 24.3 Å². The van der Waals surface area contributed by atoms with Crippen LogP contribution in [-0.4, -0.2) is 22.6 Å². The predicted molar refractivity (Wildman–Crippen MR) is 92.3 cm³/mol. The van der Waals surface area contributed by atoms with Crippen LogP contribution in [0.1, 0.15) is 11.1 Å². The number of aliphatic imine (C=N–C) groups is 1. The molecule has 6 nitrogen and oxygen atoms in total. The van der Waals surface area contributed by atoms with Crippen molar-refractivity contribution in [1.29, 1.82) is 0 Å². The average molecular weight is 330 g/mol. The van der Waals surface area contributed by atoms with E-state index in [2.05, 4.69) is 15.0 Å². The Labute approximate surface area is 144 Å². The second kappa shape index (κ2) is 5.04. The molecule has 2 aliphatic heterocycles. The van der Waals surface area contributed by atoms with Gasteiger partial charge in [-0.3, -0.25) is 9.97 Å². The molecule has 122 valence electrons. The quantitative estimate of drug-likeness (QED) is 0.742. The minimum atomic E-state index is -0.709. The number of rotatable bonds is 1. The topological polar surface area (TPSA) is 82.6 Å². The summed E-state index contributed by atoms with van der Waals surface area (Å²) in [4.78, 5) is 13.2. The Morgan fingerprint density at radius 3 is 2.64 bits per heavy atom. The van der Waals surface area contributed by atoms with Crippen LogP contribution in [0.25, 0.3) is 11.3 Å². The molecule has 2 aromatic heterocycles. The van der Waals surface area contributed by atoms with Gasteiger partial charge in [-0.2, -0.15) is 0 Å². The van der Waals surface area contributed by atoms with E-state index in [0.717, 1.165) is 28.1 Å². The van der Waals surface area contributed by atoms with Gasteiger partial charge in [-0.15, -0.1) is 0 Å². The van der Waals surface area contributed by atoms with Gasteiger partial charge in [0.25, 0.3) is 6.02 Å². The summed E-state index contributed by atoms with van der Waals surface area (Å²) in [7, 11) is 0. The Balaban J connectivity index is 1.75. The number of pyridine rings is 2. The van der Waals surface area contributed by atoms with Gasteiger partial charge in [0.2, 0.25) is 0 Å². The highest BCUT2D eigenvalue weighted by Gasteiger charge is 2.47. The molecule has 0 fully saturated rings. The largest absolute Gasteiger partial charge is 0.462 e. The lowest BCUT2D eigenvalue weighted by Gasteiger charge is -2.33. The molecule has 0 amide bonds. The number of nitrogens with zero attached hydrogens (tertiary/aromatic N) is 3. The molecule has 2 N–H and O–H groups in total. The smallest absolute Gasteiger partial charge is 0.283 e. The zero-order valence-electron chi connectivity index (χ0n) is 13.2. The first-order valence-corrected chi connectivity index (χ1v) is 7.93. The van der Waals surface area contributed by atoms with Gasteiger partial charge in [0, 0.05) is 29.1 Å². The predicted octanol–water partition coefficient (Wildman–Crippen LogP) is 2.84. The van der Waals surface area contributed by atoms with E-state index in [1.54, 1.807) is 18.6 Å². The highest BCUT2D eigenvalue weighted by Crippen LogP contribution is 2.50. The summed E-state index contributed by atoms with van der Waals surface area (Å²) in [5, 5.41) is 0. The Hall–Kier alpha value is -3.41. The average Bonchev–Trinajstić information content (AvgIpc) is 3.05. The summed E-state index contributed by atoms with van der Waals surface area (Å²) in [6, 6.07) is 13.8. The van der Waals surface area contributed by atoms with Crippen LogP contribution < -0.4 is 10.5 Å². The lowest BCUT2D eigenvalue weighted by molar-refractivity contribution is 0.264. The summed E-state index contributed by atoms with van der Waals surface area (Å²) in [6.07, 6.45) is 5.21. The summed E-state index contributed by atoms with van der Waals surface area (Å²) in [6.45, 7) is 0.339. The molecule has 25 heavy (non-hydrogen) atoms. The van der Waals surface area contributed by atoms with E-state index in [9.17, 15) is 0 Å². The minimum absolute atomic E-state index is 0.185. The van der Waals surface area contributed by atoms with E-state index in [1.807, 2.05) is 42.5 Å². The fourth-order valence-electron chi connectivity index (χ4n) is 3.40. The molecule has 5 rings (SSSR count). The summed E-state index contributed by atoms with van der Waals surface area (Å²) in [5.74, 6) is 1.41. The second-order valence-electron chi connectivity index (χ2n) is 6.00. The Bertz CT molecular complexity index is 1000. The van der Waals surface area contributed by atoms with Crippen molar-refractivity contribution in [3.63, 3.8) is 0 Å². The molecule has 1 atom stereocenters.